The first-order valence-corrected chi connectivity index (χ1v) is 13.3. The normalized spacial score (nSPS) is 14.6. The van der Waals surface area contributed by atoms with Crippen molar-refractivity contribution < 1.29 is 23.5 Å². The van der Waals surface area contributed by atoms with Gasteiger partial charge >= 0.3 is 0 Å². The van der Waals surface area contributed by atoms with Crippen LogP contribution in [0.25, 0.3) is 16.8 Å². The van der Waals surface area contributed by atoms with Crippen LogP contribution in [0.2, 0.25) is 0 Å². The molecule has 0 radical (unpaired) electrons. The van der Waals surface area contributed by atoms with Crippen molar-refractivity contribution in [2.24, 2.45) is 0 Å². The number of methoxy groups -OCH3 is 1. The smallest absolute Gasteiger partial charge is 0.293 e. The van der Waals surface area contributed by atoms with E-state index in [1.165, 1.54) is 24.1 Å². The van der Waals surface area contributed by atoms with E-state index >= 15 is 0 Å². The van der Waals surface area contributed by atoms with Crippen LogP contribution in [-0.2, 0) is 17.9 Å². The average molecular weight is 625 g/mol. The van der Waals surface area contributed by atoms with Crippen LogP contribution >= 0.6 is 34.4 Å². The molecule has 0 atom stereocenters. The number of benzene rings is 4. The number of amides is 2. The van der Waals surface area contributed by atoms with E-state index < -0.39 is 0 Å². The molecular formula is C29H21FINO4S. The van der Waals surface area contributed by atoms with Gasteiger partial charge in [-0.2, -0.15) is 0 Å². The number of ether oxygens (including phenoxy) is 2. The average Bonchev–Trinajstić information content (AvgIpc) is 3.15. The summed E-state index contributed by atoms with van der Waals surface area (Å²) in [7, 11) is 1.53. The zero-order valence-corrected chi connectivity index (χ0v) is 22.7. The maximum Gasteiger partial charge on any atom is 0.293 e. The molecule has 2 amide bonds. The maximum absolute atomic E-state index is 13.5. The molecule has 0 saturated carbocycles. The number of hydrogen-bond acceptors (Lipinski definition) is 5. The summed E-state index contributed by atoms with van der Waals surface area (Å²) in [4.78, 5) is 27.6. The number of carbonyl (C=O) groups is 2. The lowest BCUT2D eigenvalue weighted by molar-refractivity contribution is -0.123. The summed E-state index contributed by atoms with van der Waals surface area (Å²) in [6, 6.07) is 23.6. The summed E-state index contributed by atoms with van der Waals surface area (Å²) >= 11 is 3.05. The summed E-state index contributed by atoms with van der Waals surface area (Å²) in [6.45, 7) is 0.383. The van der Waals surface area contributed by atoms with Gasteiger partial charge in [-0.3, -0.25) is 14.5 Å². The maximum atomic E-state index is 13.5. The second-order valence-electron chi connectivity index (χ2n) is 8.36. The lowest BCUT2D eigenvalue weighted by atomic mass is 10.0. The minimum absolute atomic E-state index is 0.177. The summed E-state index contributed by atoms with van der Waals surface area (Å²) in [5, 5.41) is 1.77. The van der Waals surface area contributed by atoms with Gasteiger partial charge in [-0.1, -0.05) is 54.6 Å². The van der Waals surface area contributed by atoms with Gasteiger partial charge in [0.1, 0.15) is 12.4 Å². The number of carbonyl (C=O) groups excluding carboxylic acids is 2. The molecule has 8 heteroatoms. The number of thioether (sulfide) groups is 1. The molecule has 5 nitrogen and oxygen atoms in total. The van der Waals surface area contributed by atoms with Crippen LogP contribution in [0.1, 0.15) is 16.7 Å². The Morgan fingerprint density at radius 3 is 2.59 bits per heavy atom. The van der Waals surface area contributed by atoms with Gasteiger partial charge in [-0.25, -0.2) is 4.39 Å². The quantitative estimate of drug-likeness (QED) is 0.158. The summed E-state index contributed by atoms with van der Waals surface area (Å²) in [6.07, 6.45) is 1.69. The Bertz CT molecular complexity index is 1550. The molecule has 0 bridgehead atoms. The van der Waals surface area contributed by atoms with Gasteiger partial charge in [-0.05, 0) is 92.2 Å². The Kier molecular flexibility index (Phi) is 7.48. The highest BCUT2D eigenvalue weighted by Crippen LogP contribution is 2.38. The van der Waals surface area contributed by atoms with Crippen LogP contribution in [0.4, 0.5) is 9.18 Å². The van der Waals surface area contributed by atoms with E-state index in [1.54, 1.807) is 24.3 Å². The fourth-order valence-electron chi connectivity index (χ4n) is 4.13. The highest BCUT2D eigenvalue weighted by atomic mass is 127. The van der Waals surface area contributed by atoms with E-state index in [-0.39, 0.29) is 30.1 Å². The third-order valence-electron chi connectivity index (χ3n) is 5.90. The molecule has 1 aliphatic heterocycles. The second-order valence-corrected chi connectivity index (χ2v) is 10.5. The molecule has 0 aromatic heterocycles. The molecule has 0 unspecified atom stereocenters. The van der Waals surface area contributed by atoms with Crippen molar-refractivity contribution in [2.75, 3.05) is 7.11 Å². The van der Waals surface area contributed by atoms with E-state index in [2.05, 4.69) is 22.6 Å². The van der Waals surface area contributed by atoms with Gasteiger partial charge in [0.25, 0.3) is 11.1 Å². The van der Waals surface area contributed by atoms with Gasteiger partial charge in [0, 0.05) is 0 Å². The molecule has 1 heterocycles. The van der Waals surface area contributed by atoms with Crippen molar-refractivity contribution in [3.63, 3.8) is 0 Å². The van der Waals surface area contributed by atoms with Crippen molar-refractivity contribution in [3.8, 4) is 11.5 Å². The van der Waals surface area contributed by atoms with Crippen molar-refractivity contribution in [1.82, 2.24) is 4.90 Å². The first-order chi connectivity index (χ1) is 17.9. The molecule has 4 aromatic carbocycles. The lowest BCUT2D eigenvalue weighted by Gasteiger charge is -2.15. The van der Waals surface area contributed by atoms with Crippen LogP contribution in [0.5, 0.6) is 11.5 Å². The third kappa shape index (κ3) is 5.50. The van der Waals surface area contributed by atoms with Crippen molar-refractivity contribution in [1.29, 1.82) is 0 Å². The Morgan fingerprint density at radius 1 is 1.00 bits per heavy atom. The number of imide groups is 1. The van der Waals surface area contributed by atoms with Crippen LogP contribution in [0.3, 0.4) is 0 Å². The Morgan fingerprint density at radius 2 is 1.78 bits per heavy atom. The zero-order valence-electron chi connectivity index (χ0n) is 19.7. The SMILES string of the molecule is COc1cc(/C=C2/SC(=O)N(Cc3cccc4ccccc34)C2=O)cc(I)c1OCc1cccc(F)c1. The van der Waals surface area contributed by atoms with E-state index in [1.807, 2.05) is 48.5 Å². The summed E-state index contributed by atoms with van der Waals surface area (Å²) < 4.78 is 25.7. The first-order valence-electron chi connectivity index (χ1n) is 11.4. The van der Waals surface area contributed by atoms with Gasteiger partial charge in [0.15, 0.2) is 11.5 Å². The molecule has 1 saturated heterocycles. The number of fused-ring (bicyclic) bond motifs is 1. The Hall–Kier alpha value is -3.37. The number of halogens is 2. The van der Waals surface area contributed by atoms with Crippen LogP contribution in [-0.4, -0.2) is 23.2 Å². The third-order valence-corrected chi connectivity index (χ3v) is 7.61. The fourth-order valence-corrected chi connectivity index (χ4v) is 5.75. The van der Waals surface area contributed by atoms with Gasteiger partial charge < -0.3 is 9.47 Å². The predicted molar refractivity (Wildman–Crippen MR) is 152 cm³/mol. The summed E-state index contributed by atoms with van der Waals surface area (Å²) in [5.74, 6) is 0.342. The Labute approximate surface area is 231 Å². The topological polar surface area (TPSA) is 55.8 Å². The number of nitrogens with zero attached hydrogens (tertiary/aromatic N) is 1. The highest BCUT2D eigenvalue weighted by molar-refractivity contribution is 14.1. The first kappa shape index (κ1) is 25.3. The van der Waals surface area contributed by atoms with E-state index in [4.69, 9.17) is 9.47 Å². The van der Waals surface area contributed by atoms with Crippen LogP contribution in [0.15, 0.2) is 83.8 Å². The Balaban J connectivity index is 1.37. The van der Waals surface area contributed by atoms with Gasteiger partial charge in [0.05, 0.1) is 22.1 Å². The van der Waals surface area contributed by atoms with Crippen LogP contribution < -0.4 is 9.47 Å². The lowest BCUT2D eigenvalue weighted by Crippen LogP contribution is -2.27. The van der Waals surface area contributed by atoms with E-state index in [0.29, 0.717) is 27.5 Å². The highest BCUT2D eigenvalue weighted by Gasteiger charge is 2.35. The number of rotatable bonds is 7. The largest absolute Gasteiger partial charge is 0.493 e. The van der Waals surface area contributed by atoms with Crippen molar-refractivity contribution >= 4 is 62.3 Å². The van der Waals surface area contributed by atoms with E-state index in [9.17, 15) is 14.0 Å². The van der Waals surface area contributed by atoms with Crippen molar-refractivity contribution in [2.45, 2.75) is 13.2 Å². The van der Waals surface area contributed by atoms with Gasteiger partial charge in [0.2, 0.25) is 0 Å². The predicted octanol–water partition coefficient (Wildman–Crippen LogP) is 7.41. The van der Waals surface area contributed by atoms with E-state index in [0.717, 1.165) is 31.7 Å². The zero-order chi connectivity index (χ0) is 25.9. The second kappa shape index (κ2) is 10.9. The standard InChI is InChI=1S/C29H21FINO4S/c1-35-25-14-19(13-24(31)27(25)36-17-18-6-4-10-22(30)12-18)15-26-28(33)32(29(34)37-26)16-21-9-5-8-20-7-2-3-11-23(20)21/h2-15H,16-17H2,1H3/b26-15+. The number of hydrogen-bond donors (Lipinski definition) is 0. The molecule has 37 heavy (non-hydrogen) atoms. The summed E-state index contributed by atoms with van der Waals surface area (Å²) in [5.41, 5.74) is 2.31. The van der Waals surface area contributed by atoms with Crippen molar-refractivity contribution in [3.05, 3.63) is 110 Å². The molecule has 1 aliphatic rings. The molecular weight excluding hydrogens is 604 g/mol. The molecule has 1 fully saturated rings. The minimum Gasteiger partial charge on any atom is -0.493 e. The molecule has 0 spiro atoms. The monoisotopic (exact) mass is 625 g/mol. The molecule has 4 aromatic rings. The fraction of sp³-hybridized carbons (Fsp3) is 0.103. The van der Waals surface area contributed by atoms with Gasteiger partial charge in [-0.15, -0.1) is 0 Å². The molecule has 5 rings (SSSR count). The molecule has 0 aliphatic carbocycles. The molecule has 186 valence electrons. The molecule has 0 N–H and O–H groups in total. The minimum atomic E-state index is -0.330. The van der Waals surface area contributed by atoms with Crippen LogP contribution in [0, 0.1) is 9.39 Å².